The lowest BCUT2D eigenvalue weighted by Gasteiger charge is -2.08. The standard InChI is InChI=1S/C17H17NO4/c1-22-17(21)9-5-12-2-6-14(7-3-12)18-11-13-4-8-15(19)16(20)10-13/h2-10,18-20H,11H2,1H3/b9-5+. The number of nitrogens with one attached hydrogen (secondary N) is 1. The molecule has 0 atom stereocenters. The number of rotatable bonds is 5. The van der Waals surface area contributed by atoms with E-state index < -0.39 is 5.97 Å². The summed E-state index contributed by atoms with van der Waals surface area (Å²) >= 11 is 0. The van der Waals surface area contributed by atoms with Crippen molar-refractivity contribution in [2.24, 2.45) is 0 Å². The highest BCUT2D eigenvalue weighted by Gasteiger charge is 2.01. The van der Waals surface area contributed by atoms with E-state index in [1.54, 1.807) is 12.1 Å². The molecular formula is C17H17NO4. The quantitative estimate of drug-likeness (QED) is 0.449. The summed E-state index contributed by atoms with van der Waals surface area (Å²) in [5.41, 5.74) is 2.64. The Balaban J connectivity index is 1.95. The molecule has 0 heterocycles. The highest BCUT2D eigenvalue weighted by atomic mass is 16.5. The molecule has 0 fully saturated rings. The van der Waals surface area contributed by atoms with Gasteiger partial charge < -0.3 is 20.3 Å². The zero-order chi connectivity index (χ0) is 15.9. The van der Waals surface area contributed by atoms with Crippen LogP contribution in [0.15, 0.2) is 48.5 Å². The summed E-state index contributed by atoms with van der Waals surface area (Å²) in [7, 11) is 1.33. The van der Waals surface area contributed by atoms with Gasteiger partial charge in [0.15, 0.2) is 11.5 Å². The van der Waals surface area contributed by atoms with Gasteiger partial charge in [0.25, 0.3) is 0 Å². The summed E-state index contributed by atoms with van der Waals surface area (Å²) in [4.78, 5) is 11.0. The lowest BCUT2D eigenvalue weighted by molar-refractivity contribution is -0.134. The minimum Gasteiger partial charge on any atom is -0.504 e. The van der Waals surface area contributed by atoms with E-state index in [-0.39, 0.29) is 11.5 Å². The maximum absolute atomic E-state index is 11.0. The summed E-state index contributed by atoms with van der Waals surface area (Å²) in [6.45, 7) is 0.519. The third kappa shape index (κ3) is 4.28. The number of anilines is 1. The number of ether oxygens (including phenoxy) is 1. The molecule has 0 aliphatic rings. The fraction of sp³-hybridized carbons (Fsp3) is 0.118. The molecule has 0 aliphatic carbocycles. The van der Waals surface area contributed by atoms with E-state index >= 15 is 0 Å². The van der Waals surface area contributed by atoms with Gasteiger partial charge in [0.2, 0.25) is 0 Å². The van der Waals surface area contributed by atoms with Crippen molar-refractivity contribution in [3.63, 3.8) is 0 Å². The third-order valence-electron chi connectivity index (χ3n) is 3.06. The van der Waals surface area contributed by atoms with E-state index in [4.69, 9.17) is 0 Å². The number of esters is 1. The Hall–Kier alpha value is -2.95. The van der Waals surface area contributed by atoms with Gasteiger partial charge in [-0.1, -0.05) is 18.2 Å². The monoisotopic (exact) mass is 299 g/mol. The molecule has 0 aromatic heterocycles. The van der Waals surface area contributed by atoms with E-state index in [1.165, 1.54) is 25.3 Å². The summed E-state index contributed by atoms with van der Waals surface area (Å²) in [6, 6.07) is 12.2. The van der Waals surface area contributed by atoms with E-state index in [9.17, 15) is 15.0 Å². The Morgan fingerprint density at radius 1 is 1.14 bits per heavy atom. The van der Waals surface area contributed by atoms with Crippen LogP contribution in [0, 0.1) is 0 Å². The number of aromatic hydroxyl groups is 2. The van der Waals surface area contributed by atoms with Gasteiger partial charge >= 0.3 is 5.97 Å². The van der Waals surface area contributed by atoms with E-state index in [2.05, 4.69) is 10.1 Å². The molecule has 0 saturated carbocycles. The van der Waals surface area contributed by atoms with Crippen LogP contribution in [-0.2, 0) is 16.1 Å². The number of phenolic OH excluding ortho intramolecular Hbond substituents is 2. The highest BCUT2D eigenvalue weighted by molar-refractivity contribution is 5.86. The van der Waals surface area contributed by atoms with Crippen molar-refractivity contribution in [2.45, 2.75) is 6.54 Å². The minimum atomic E-state index is -0.394. The van der Waals surface area contributed by atoms with Gasteiger partial charge in [0.1, 0.15) is 0 Å². The van der Waals surface area contributed by atoms with Gasteiger partial charge in [-0.15, -0.1) is 0 Å². The lowest BCUT2D eigenvalue weighted by atomic mass is 10.1. The molecule has 0 radical (unpaired) electrons. The van der Waals surface area contributed by atoms with E-state index in [0.717, 1.165) is 16.8 Å². The number of phenols is 2. The first kappa shape index (κ1) is 15.4. The van der Waals surface area contributed by atoms with Crippen LogP contribution in [0.25, 0.3) is 6.08 Å². The summed E-state index contributed by atoms with van der Waals surface area (Å²) in [5, 5.41) is 21.9. The van der Waals surface area contributed by atoms with Crippen molar-refractivity contribution < 1.29 is 19.7 Å². The topological polar surface area (TPSA) is 78.8 Å². The van der Waals surface area contributed by atoms with Crippen molar-refractivity contribution in [3.05, 3.63) is 59.7 Å². The first-order chi connectivity index (χ1) is 10.6. The number of hydrogen-bond donors (Lipinski definition) is 3. The number of methoxy groups -OCH3 is 1. The molecule has 0 aliphatic heterocycles. The molecule has 0 spiro atoms. The number of carbonyl (C=O) groups is 1. The maximum atomic E-state index is 11.0. The fourth-order valence-corrected chi connectivity index (χ4v) is 1.83. The van der Waals surface area contributed by atoms with Gasteiger partial charge in [0, 0.05) is 18.3 Å². The molecule has 0 unspecified atom stereocenters. The smallest absolute Gasteiger partial charge is 0.330 e. The number of carbonyl (C=O) groups excluding carboxylic acids is 1. The van der Waals surface area contributed by atoms with E-state index in [1.807, 2.05) is 24.3 Å². The predicted molar refractivity (Wildman–Crippen MR) is 84.6 cm³/mol. The van der Waals surface area contributed by atoms with Gasteiger partial charge in [0.05, 0.1) is 7.11 Å². The Kier molecular flexibility index (Phi) is 5.03. The SMILES string of the molecule is COC(=O)/C=C/c1ccc(NCc2ccc(O)c(O)c2)cc1. The molecule has 5 nitrogen and oxygen atoms in total. The predicted octanol–water partition coefficient (Wildman–Crippen LogP) is 2.90. The Morgan fingerprint density at radius 3 is 2.50 bits per heavy atom. The zero-order valence-electron chi connectivity index (χ0n) is 12.1. The normalized spacial score (nSPS) is 10.6. The molecule has 0 bridgehead atoms. The second-order valence-corrected chi connectivity index (χ2v) is 4.66. The van der Waals surface area contributed by atoms with Crippen molar-refractivity contribution in [1.82, 2.24) is 0 Å². The zero-order valence-corrected chi connectivity index (χ0v) is 12.1. The van der Waals surface area contributed by atoms with Crippen molar-refractivity contribution in [1.29, 1.82) is 0 Å². The molecule has 22 heavy (non-hydrogen) atoms. The van der Waals surface area contributed by atoms with Crippen molar-refractivity contribution in [3.8, 4) is 11.5 Å². The fourth-order valence-electron chi connectivity index (χ4n) is 1.83. The highest BCUT2D eigenvalue weighted by Crippen LogP contribution is 2.25. The summed E-state index contributed by atoms with van der Waals surface area (Å²) in [6.07, 6.45) is 3.04. The second-order valence-electron chi connectivity index (χ2n) is 4.66. The summed E-state index contributed by atoms with van der Waals surface area (Å²) < 4.78 is 4.52. The largest absolute Gasteiger partial charge is 0.504 e. The van der Waals surface area contributed by atoms with Crippen LogP contribution in [-0.4, -0.2) is 23.3 Å². The van der Waals surface area contributed by atoms with Crippen LogP contribution in [0.5, 0.6) is 11.5 Å². The lowest BCUT2D eigenvalue weighted by Crippen LogP contribution is -1.99. The molecule has 2 aromatic rings. The van der Waals surface area contributed by atoms with Gasteiger partial charge in [-0.3, -0.25) is 0 Å². The number of benzene rings is 2. The Bertz CT molecular complexity index is 678. The van der Waals surface area contributed by atoms with Crippen molar-refractivity contribution >= 4 is 17.7 Å². The molecule has 0 saturated heterocycles. The molecular weight excluding hydrogens is 282 g/mol. The molecule has 2 aromatic carbocycles. The first-order valence-corrected chi connectivity index (χ1v) is 6.69. The Labute approximate surface area is 128 Å². The van der Waals surface area contributed by atoms with Gasteiger partial charge in [-0.25, -0.2) is 4.79 Å². The first-order valence-electron chi connectivity index (χ1n) is 6.69. The van der Waals surface area contributed by atoms with Crippen LogP contribution in [0.3, 0.4) is 0 Å². The molecule has 2 rings (SSSR count). The summed E-state index contributed by atoms with van der Waals surface area (Å²) in [5.74, 6) is -0.664. The van der Waals surface area contributed by atoms with Crippen LogP contribution in [0.2, 0.25) is 0 Å². The average molecular weight is 299 g/mol. The van der Waals surface area contributed by atoms with Crippen LogP contribution < -0.4 is 5.32 Å². The van der Waals surface area contributed by atoms with Crippen molar-refractivity contribution in [2.75, 3.05) is 12.4 Å². The van der Waals surface area contributed by atoms with Crippen LogP contribution in [0.4, 0.5) is 5.69 Å². The van der Waals surface area contributed by atoms with Crippen LogP contribution >= 0.6 is 0 Å². The minimum absolute atomic E-state index is 0.134. The molecule has 5 heteroatoms. The molecule has 0 amide bonds. The number of hydrogen-bond acceptors (Lipinski definition) is 5. The van der Waals surface area contributed by atoms with E-state index in [0.29, 0.717) is 6.54 Å². The Morgan fingerprint density at radius 2 is 1.86 bits per heavy atom. The maximum Gasteiger partial charge on any atom is 0.330 e. The third-order valence-corrected chi connectivity index (χ3v) is 3.06. The van der Waals surface area contributed by atoms with Gasteiger partial charge in [-0.05, 0) is 41.5 Å². The van der Waals surface area contributed by atoms with Gasteiger partial charge in [-0.2, -0.15) is 0 Å². The van der Waals surface area contributed by atoms with Crippen LogP contribution in [0.1, 0.15) is 11.1 Å². The molecule has 3 N–H and O–H groups in total. The second kappa shape index (κ2) is 7.17. The molecule has 114 valence electrons. The average Bonchev–Trinajstić information content (AvgIpc) is 2.54.